The van der Waals surface area contributed by atoms with Gasteiger partial charge in [-0.05, 0) is 60.9 Å². The number of ether oxygens (including phenoxy) is 1. The van der Waals surface area contributed by atoms with Crippen LogP contribution in [0, 0.1) is 13.8 Å². The highest BCUT2D eigenvalue weighted by atomic mass is 16.5. The first-order valence-corrected chi connectivity index (χ1v) is 12.3. The van der Waals surface area contributed by atoms with Crippen molar-refractivity contribution in [3.05, 3.63) is 137 Å². The maximum atomic E-state index is 13.1. The molecule has 184 valence electrons. The van der Waals surface area contributed by atoms with Crippen molar-refractivity contribution in [3.63, 3.8) is 0 Å². The van der Waals surface area contributed by atoms with Crippen LogP contribution in [0.1, 0.15) is 32.6 Å². The smallest absolute Gasteiger partial charge is 0.251 e. The lowest BCUT2D eigenvalue weighted by molar-refractivity contribution is 0.0951. The average Bonchev–Trinajstić information content (AvgIpc) is 3.38. The van der Waals surface area contributed by atoms with Gasteiger partial charge in [-0.3, -0.25) is 4.79 Å². The molecule has 0 saturated heterocycles. The van der Waals surface area contributed by atoms with E-state index >= 15 is 0 Å². The zero-order valence-corrected chi connectivity index (χ0v) is 21.0. The molecule has 1 heterocycles. The van der Waals surface area contributed by atoms with Crippen molar-refractivity contribution in [2.24, 2.45) is 0 Å². The number of aromatic nitrogens is 2. The Labute approximate surface area is 217 Å². The van der Waals surface area contributed by atoms with Crippen LogP contribution in [0.25, 0.3) is 16.9 Å². The minimum Gasteiger partial charge on any atom is -0.489 e. The number of rotatable bonds is 8. The number of hydrogen-bond donors (Lipinski definition) is 1. The van der Waals surface area contributed by atoms with Crippen LogP contribution in [0.2, 0.25) is 0 Å². The van der Waals surface area contributed by atoms with Crippen LogP contribution in [0.3, 0.4) is 0 Å². The number of carbonyl (C=O) groups is 1. The van der Waals surface area contributed by atoms with Crippen molar-refractivity contribution in [1.29, 1.82) is 0 Å². The molecule has 0 atom stereocenters. The summed E-state index contributed by atoms with van der Waals surface area (Å²) in [5, 5.41) is 7.91. The fraction of sp³-hybridized carbons (Fsp3) is 0.125. The van der Waals surface area contributed by atoms with E-state index in [1.807, 2.05) is 116 Å². The third-order valence-electron chi connectivity index (χ3n) is 6.22. The van der Waals surface area contributed by atoms with E-state index in [-0.39, 0.29) is 5.91 Å². The van der Waals surface area contributed by atoms with Crippen molar-refractivity contribution >= 4 is 5.91 Å². The van der Waals surface area contributed by atoms with Crippen molar-refractivity contribution < 1.29 is 9.53 Å². The Morgan fingerprint density at radius 3 is 2.41 bits per heavy atom. The van der Waals surface area contributed by atoms with E-state index in [0.717, 1.165) is 44.9 Å². The second-order valence-electron chi connectivity index (χ2n) is 9.09. The predicted octanol–water partition coefficient (Wildman–Crippen LogP) is 6.67. The van der Waals surface area contributed by atoms with Gasteiger partial charge in [-0.2, -0.15) is 5.10 Å². The highest BCUT2D eigenvalue weighted by Gasteiger charge is 2.14. The summed E-state index contributed by atoms with van der Waals surface area (Å²) >= 11 is 0. The number of nitrogens with zero attached hydrogens (tertiary/aromatic N) is 2. The van der Waals surface area contributed by atoms with Gasteiger partial charge in [0.2, 0.25) is 0 Å². The summed E-state index contributed by atoms with van der Waals surface area (Å²) in [7, 11) is 0. The molecule has 0 aliphatic rings. The van der Waals surface area contributed by atoms with Gasteiger partial charge in [-0.15, -0.1) is 0 Å². The molecule has 0 unspecified atom stereocenters. The van der Waals surface area contributed by atoms with Crippen LogP contribution in [-0.2, 0) is 13.2 Å². The number of benzene rings is 4. The molecular weight excluding hydrogens is 458 g/mol. The van der Waals surface area contributed by atoms with E-state index < -0.39 is 0 Å². The Morgan fingerprint density at radius 2 is 1.62 bits per heavy atom. The number of carbonyl (C=O) groups excluding carboxylic acids is 1. The summed E-state index contributed by atoms with van der Waals surface area (Å²) in [6.07, 6.45) is 1.98. The molecule has 0 spiro atoms. The van der Waals surface area contributed by atoms with E-state index in [0.29, 0.717) is 18.7 Å². The Morgan fingerprint density at radius 1 is 0.865 bits per heavy atom. The van der Waals surface area contributed by atoms with Gasteiger partial charge in [0, 0.05) is 29.4 Å². The Bertz CT molecular complexity index is 1510. The van der Waals surface area contributed by atoms with Crippen LogP contribution in [0.4, 0.5) is 0 Å². The third kappa shape index (κ3) is 5.78. The second-order valence-corrected chi connectivity index (χ2v) is 9.09. The topological polar surface area (TPSA) is 56.1 Å². The highest BCUT2D eigenvalue weighted by molar-refractivity contribution is 5.94. The van der Waals surface area contributed by atoms with Gasteiger partial charge in [-0.25, -0.2) is 4.68 Å². The molecule has 4 aromatic carbocycles. The fourth-order valence-electron chi connectivity index (χ4n) is 4.19. The van der Waals surface area contributed by atoms with Gasteiger partial charge < -0.3 is 10.1 Å². The largest absolute Gasteiger partial charge is 0.489 e. The van der Waals surface area contributed by atoms with Gasteiger partial charge in [0.25, 0.3) is 5.91 Å². The summed E-state index contributed by atoms with van der Waals surface area (Å²) in [6, 6.07) is 33.7. The zero-order valence-electron chi connectivity index (χ0n) is 21.0. The number of aryl methyl sites for hydroxylation is 2. The SMILES string of the molecule is Cc1ccc(C)c(OCc2cccc(C(=O)NCc3cn(-c4ccccc4)nc3-c3ccccc3)c2)c1. The lowest BCUT2D eigenvalue weighted by Gasteiger charge is -2.11. The molecule has 0 bridgehead atoms. The Hall–Kier alpha value is -4.64. The zero-order chi connectivity index (χ0) is 25.6. The number of nitrogens with one attached hydrogen (secondary N) is 1. The highest BCUT2D eigenvalue weighted by Crippen LogP contribution is 2.24. The molecule has 5 heteroatoms. The Kier molecular flexibility index (Phi) is 7.13. The molecule has 5 aromatic rings. The molecule has 5 rings (SSSR count). The average molecular weight is 488 g/mol. The normalized spacial score (nSPS) is 10.8. The molecular formula is C32H29N3O2. The van der Waals surface area contributed by atoms with Gasteiger partial charge in [0.1, 0.15) is 12.4 Å². The van der Waals surface area contributed by atoms with Gasteiger partial charge in [0.05, 0.1) is 11.4 Å². The van der Waals surface area contributed by atoms with Gasteiger partial charge in [-0.1, -0.05) is 72.8 Å². The van der Waals surface area contributed by atoms with E-state index in [1.54, 1.807) is 0 Å². The van der Waals surface area contributed by atoms with Crippen molar-refractivity contribution in [1.82, 2.24) is 15.1 Å². The maximum absolute atomic E-state index is 13.1. The van der Waals surface area contributed by atoms with E-state index in [4.69, 9.17) is 9.84 Å². The monoisotopic (exact) mass is 487 g/mol. The lowest BCUT2D eigenvalue weighted by Crippen LogP contribution is -2.23. The fourth-order valence-corrected chi connectivity index (χ4v) is 4.19. The van der Waals surface area contributed by atoms with Crippen LogP contribution in [0.15, 0.2) is 109 Å². The minimum absolute atomic E-state index is 0.139. The number of hydrogen-bond acceptors (Lipinski definition) is 3. The standard InChI is InChI=1S/C32H29N3O2/c1-23-16-17-24(2)30(18-23)37-22-25-10-9-13-27(19-25)32(36)33-20-28-21-35(29-14-7-4-8-15-29)34-31(28)26-11-5-3-6-12-26/h3-19,21H,20,22H2,1-2H3,(H,33,36). The van der Waals surface area contributed by atoms with Gasteiger partial charge >= 0.3 is 0 Å². The molecule has 37 heavy (non-hydrogen) atoms. The molecule has 1 N–H and O–H groups in total. The quantitative estimate of drug-likeness (QED) is 0.266. The molecule has 0 aliphatic carbocycles. The van der Waals surface area contributed by atoms with Crippen molar-refractivity contribution in [3.8, 4) is 22.7 Å². The van der Waals surface area contributed by atoms with E-state index in [9.17, 15) is 4.79 Å². The molecule has 0 saturated carbocycles. The van der Waals surface area contributed by atoms with Crippen LogP contribution >= 0.6 is 0 Å². The van der Waals surface area contributed by atoms with Crippen LogP contribution < -0.4 is 10.1 Å². The number of para-hydroxylation sites is 1. The van der Waals surface area contributed by atoms with E-state index in [1.165, 1.54) is 0 Å². The summed E-state index contributed by atoms with van der Waals surface area (Å²) < 4.78 is 7.89. The van der Waals surface area contributed by atoms with E-state index in [2.05, 4.69) is 17.4 Å². The van der Waals surface area contributed by atoms with Crippen molar-refractivity contribution in [2.75, 3.05) is 0 Å². The number of amides is 1. The lowest BCUT2D eigenvalue weighted by atomic mass is 10.1. The maximum Gasteiger partial charge on any atom is 0.251 e. The third-order valence-corrected chi connectivity index (χ3v) is 6.22. The summed E-state index contributed by atoms with van der Waals surface area (Å²) in [5.74, 6) is 0.721. The Balaban J connectivity index is 1.31. The summed E-state index contributed by atoms with van der Waals surface area (Å²) in [5.41, 5.74) is 7.54. The summed E-state index contributed by atoms with van der Waals surface area (Å²) in [4.78, 5) is 13.1. The first kappa shape index (κ1) is 24.1. The van der Waals surface area contributed by atoms with Gasteiger partial charge in [0.15, 0.2) is 0 Å². The minimum atomic E-state index is -0.139. The summed E-state index contributed by atoms with van der Waals surface area (Å²) in [6.45, 7) is 4.83. The molecule has 1 amide bonds. The molecule has 5 nitrogen and oxygen atoms in total. The van der Waals surface area contributed by atoms with Crippen LogP contribution in [-0.4, -0.2) is 15.7 Å². The van der Waals surface area contributed by atoms with Crippen LogP contribution in [0.5, 0.6) is 5.75 Å². The molecule has 1 aromatic heterocycles. The second kappa shape index (κ2) is 11.0. The van der Waals surface area contributed by atoms with Crippen molar-refractivity contribution in [2.45, 2.75) is 27.0 Å². The molecule has 0 aliphatic heterocycles. The molecule has 0 fully saturated rings. The first-order chi connectivity index (χ1) is 18.1. The molecule has 0 radical (unpaired) electrons. The first-order valence-electron chi connectivity index (χ1n) is 12.3. The predicted molar refractivity (Wildman–Crippen MR) is 147 cm³/mol.